The zero-order valence-corrected chi connectivity index (χ0v) is 39.2. The molecule has 0 saturated carbocycles. The second-order valence-electron chi connectivity index (χ2n) is 16.6. The third kappa shape index (κ3) is 15.1. The van der Waals surface area contributed by atoms with Crippen molar-refractivity contribution in [2.24, 2.45) is 17.2 Å². The van der Waals surface area contributed by atoms with Crippen LogP contribution in [0, 0.1) is 0 Å². The maximum atomic E-state index is 13.5. The van der Waals surface area contributed by atoms with Gasteiger partial charge in [0.1, 0.15) is 0 Å². The molecule has 338 valence electrons. The van der Waals surface area contributed by atoms with Gasteiger partial charge in [-0.1, -0.05) is 36.4 Å². The molecule has 3 aromatic heterocycles. The summed E-state index contributed by atoms with van der Waals surface area (Å²) in [7, 11) is 0. The Morgan fingerprint density at radius 1 is 0.406 bits per heavy atom. The first-order chi connectivity index (χ1) is 31.3. The molecule has 64 heavy (non-hydrogen) atoms. The predicted molar refractivity (Wildman–Crippen MR) is 270 cm³/mol. The highest BCUT2D eigenvalue weighted by molar-refractivity contribution is 7.08. The molecule has 0 unspecified atom stereocenters. The summed E-state index contributed by atoms with van der Waals surface area (Å²) >= 11 is 4.81. The maximum absolute atomic E-state index is 13.5. The van der Waals surface area contributed by atoms with Crippen molar-refractivity contribution in [3.63, 3.8) is 0 Å². The van der Waals surface area contributed by atoms with Gasteiger partial charge in [-0.25, -0.2) is 0 Å². The van der Waals surface area contributed by atoms with Crippen molar-refractivity contribution < 1.29 is 14.4 Å². The van der Waals surface area contributed by atoms with Gasteiger partial charge in [-0.15, -0.1) is 0 Å². The number of hydrogen-bond acceptors (Lipinski definition) is 12. The van der Waals surface area contributed by atoms with Crippen LogP contribution < -0.4 is 33.2 Å². The van der Waals surface area contributed by atoms with Gasteiger partial charge in [0.25, 0.3) is 0 Å². The Morgan fingerprint density at radius 2 is 0.688 bits per heavy atom. The molecule has 0 fully saturated rings. The number of unbranched alkanes of at least 4 members (excludes halogenated alkanes) is 3. The molecule has 6 aromatic rings. The van der Waals surface area contributed by atoms with Gasteiger partial charge >= 0.3 is 0 Å². The number of hydrogen-bond donors (Lipinski definition) is 6. The van der Waals surface area contributed by atoms with Crippen LogP contribution in [-0.2, 0) is 33.6 Å². The lowest BCUT2D eigenvalue weighted by Crippen LogP contribution is -2.31. The van der Waals surface area contributed by atoms with Crippen LogP contribution in [0.3, 0.4) is 0 Å². The fourth-order valence-electron chi connectivity index (χ4n) is 8.07. The van der Waals surface area contributed by atoms with Crippen LogP contribution in [0.5, 0.6) is 0 Å². The fourth-order valence-corrected chi connectivity index (χ4v) is 10.1. The molecule has 3 atom stereocenters. The lowest BCUT2D eigenvalue weighted by Gasteiger charge is -2.23. The van der Waals surface area contributed by atoms with Crippen LogP contribution in [0.15, 0.2) is 123 Å². The van der Waals surface area contributed by atoms with Crippen molar-refractivity contribution >= 4 is 68.4 Å². The minimum atomic E-state index is -0.319. The standard InChI is InChI=1S/C52H64N6O3S3/c53-25-4-1-7-46(49(59)31-37-22-28-62-34-37)56-43-16-10-40(11-17-43)52(41-12-18-44(19-13-41)57-47(8-2-5-26-54)50(60)32-38-23-29-63-35-38)42-14-20-45(21-15-42)58-48(9-3-6-27-55)51(61)33-39-24-30-64-36-39/h10-24,28-30,34-36,46-48,52,56-58H,1-9,25-27,31-33,53-55H2/t46-,47-,48-/m0/s1. The Kier molecular flexibility index (Phi) is 19.8. The Hall–Kier alpha value is -4.95. The molecule has 3 heterocycles. The summed E-state index contributed by atoms with van der Waals surface area (Å²) < 4.78 is 0. The van der Waals surface area contributed by atoms with Gasteiger partial charge in [0.2, 0.25) is 0 Å². The fraction of sp³-hybridized carbons (Fsp3) is 0.365. The van der Waals surface area contributed by atoms with E-state index in [-0.39, 0.29) is 41.4 Å². The van der Waals surface area contributed by atoms with Crippen molar-refractivity contribution in [2.75, 3.05) is 35.6 Å². The molecule has 0 spiro atoms. The normalized spacial score (nSPS) is 12.8. The molecular formula is C52H64N6O3S3. The molecule has 12 heteroatoms. The van der Waals surface area contributed by atoms with E-state index >= 15 is 0 Å². The first kappa shape index (κ1) is 48.5. The minimum absolute atomic E-state index is 0.126. The summed E-state index contributed by atoms with van der Waals surface area (Å²) in [6.07, 6.45) is 8.55. The van der Waals surface area contributed by atoms with Crippen LogP contribution >= 0.6 is 34.0 Å². The number of thiophene rings is 3. The largest absolute Gasteiger partial charge is 0.375 e. The van der Waals surface area contributed by atoms with Gasteiger partial charge in [0.15, 0.2) is 17.3 Å². The van der Waals surface area contributed by atoms with Crippen molar-refractivity contribution in [1.29, 1.82) is 0 Å². The molecule has 9 N–H and O–H groups in total. The second-order valence-corrected chi connectivity index (χ2v) is 18.9. The average Bonchev–Trinajstić information content (AvgIpc) is 4.14. The molecule has 0 aliphatic carbocycles. The van der Waals surface area contributed by atoms with Crippen molar-refractivity contribution in [3.05, 3.63) is 157 Å². The summed E-state index contributed by atoms with van der Waals surface area (Å²) in [6, 6.07) is 30.3. The molecule has 3 aromatic carbocycles. The van der Waals surface area contributed by atoms with E-state index in [1.165, 1.54) is 0 Å². The molecule has 0 aliphatic heterocycles. The number of anilines is 3. The Bertz CT molecular complexity index is 1990. The van der Waals surface area contributed by atoms with Gasteiger partial charge in [0, 0.05) is 42.2 Å². The quantitative estimate of drug-likeness (QED) is 0.0191. The van der Waals surface area contributed by atoms with Crippen LogP contribution in [0.2, 0.25) is 0 Å². The minimum Gasteiger partial charge on any atom is -0.375 e. The average molecular weight is 917 g/mol. The van der Waals surface area contributed by atoms with E-state index in [2.05, 4.69) is 88.7 Å². The highest BCUT2D eigenvalue weighted by atomic mass is 32.1. The van der Waals surface area contributed by atoms with Crippen LogP contribution in [0.25, 0.3) is 0 Å². The monoisotopic (exact) mass is 916 g/mol. The predicted octanol–water partition coefficient (Wildman–Crippen LogP) is 10.2. The van der Waals surface area contributed by atoms with Crippen LogP contribution in [0.4, 0.5) is 17.1 Å². The van der Waals surface area contributed by atoms with E-state index < -0.39 is 0 Å². The third-order valence-corrected chi connectivity index (χ3v) is 13.8. The first-order valence-corrected chi connectivity index (χ1v) is 25.5. The first-order valence-electron chi connectivity index (χ1n) is 22.6. The number of carbonyl (C=O) groups is 3. The van der Waals surface area contributed by atoms with Crippen LogP contribution in [0.1, 0.15) is 97.1 Å². The Balaban J connectivity index is 1.25. The number of nitrogens with one attached hydrogen (secondary N) is 3. The Labute approximate surface area is 391 Å². The number of rotatable bonds is 30. The lowest BCUT2D eigenvalue weighted by atomic mass is 9.85. The second kappa shape index (κ2) is 26.1. The number of benzene rings is 3. The van der Waals surface area contributed by atoms with Crippen molar-refractivity contribution in [3.8, 4) is 0 Å². The number of nitrogens with two attached hydrogens (primary N) is 3. The summed E-state index contributed by atoms with van der Waals surface area (Å²) in [5, 5.41) is 22.8. The molecule has 0 amide bonds. The summed E-state index contributed by atoms with van der Waals surface area (Å²) in [5.41, 5.74) is 26.5. The zero-order valence-electron chi connectivity index (χ0n) is 36.7. The highest BCUT2D eigenvalue weighted by Crippen LogP contribution is 2.35. The Morgan fingerprint density at radius 3 is 0.922 bits per heavy atom. The van der Waals surface area contributed by atoms with E-state index in [0.29, 0.717) is 58.2 Å². The lowest BCUT2D eigenvalue weighted by molar-refractivity contribution is -0.120. The molecule has 0 saturated heterocycles. The van der Waals surface area contributed by atoms with Gasteiger partial charge < -0.3 is 33.2 Å². The number of carbonyl (C=O) groups excluding carboxylic acids is 3. The molecule has 0 bridgehead atoms. The zero-order chi connectivity index (χ0) is 44.9. The third-order valence-electron chi connectivity index (χ3n) is 11.6. The number of Topliss-reactive ketones (excluding diaryl/α,β-unsaturated/α-hetero) is 3. The molecule has 6 rings (SSSR count). The summed E-state index contributed by atoms with van der Waals surface area (Å²) in [4.78, 5) is 40.6. The topological polar surface area (TPSA) is 165 Å². The van der Waals surface area contributed by atoms with Gasteiger partial charge in [-0.2, -0.15) is 34.0 Å². The summed E-state index contributed by atoms with van der Waals surface area (Å²) in [5.74, 6) is 0.386. The molecule has 9 nitrogen and oxygen atoms in total. The van der Waals surface area contributed by atoms with Gasteiger partial charge in [0.05, 0.1) is 18.1 Å². The van der Waals surface area contributed by atoms with E-state index in [9.17, 15) is 14.4 Å². The van der Waals surface area contributed by atoms with E-state index in [4.69, 9.17) is 17.2 Å². The van der Waals surface area contributed by atoms with Crippen molar-refractivity contribution in [2.45, 2.75) is 101 Å². The highest BCUT2D eigenvalue weighted by Gasteiger charge is 2.23. The van der Waals surface area contributed by atoms with Crippen molar-refractivity contribution in [1.82, 2.24) is 0 Å². The van der Waals surface area contributed by atoms with E-state index in [0.717, 1.165) is 89.0 Å². The van der Waals surface area contributed by atoms with Gasteiger partial charge in [-0.3, -0.25) is 14.4 Å². The number of ketones is 3. The van der Waals surface area contributed by atoms with E-state index in [1.807, 2.05) is 50.5 Å². The molecule has 0 radical (unpaired) electrons. The molecular weight excluding hydrogens is 853 g/mol. The van der Waals surface area contributed by atoms with E-state index in [1.54, 1.807) is 34.0 Å². The van der Waals surface area contributed by atoms with Crippen LogP contribution in [-0.4, -0.2) is 55.1 Å². The molecule has 0 aliphatic rings. The summed E-state index contributed by atoms with van der Waals surface area (Å²) in [6.45, 7) is 1.80. The smallest absolute Gasteiger partial charge is 0.159 e. The van der Waals surface area contributed by atoms with Gasteiger partial charge in [-0.05, 0) is 198 Å². The maximum Gasteiger partial charge on any atom is 0.159 e. The SMILES string of the molecule is NCCCC[C@H](Nc1ccc(C(c2ccc(N[C@@H](CCCCN)C(=O)Cc3ccsc3)cc2)c2ccc(N[C@@H](CCCCN)C(=O)Cc3ccsc3)cc2)cc1)C(=O)Cc1ccsc1.